The quantitative estimate of drug-likeness (QED) is 0.911. The van der Waals surface area contributed by atoms with Crippen molar-refractivity contribution in [2.45, 2.75) is 25.9 Å². The van der Waals surface area contributed by atoms with E-state index >= 15 is 0 Å². The van der Waals surface area contributed by atoms with Gasteiger partial charge in [-0.3, -0.25) is 9.69 Å². The lowest BCUT2D eigenvalue weighted by Crippen LogP contribution is -2.40. The Hall–Kier alpha value is -2.33. The van der Waals surface area contributed by atoms with Gasteiger partial charge in [0.1, 0.15) is 0 Å². The lowest BCUT2D eigenvalue weighted by Gasteiger charge is -2.36. The molecule has 1 heterocycles. The topological polar surface area (TPSA) is 35.6 Å². The molecule has 3 rings (SSSR count). The number of fused-ring (bicyclic) bond motifs is 1. The highest BCUT2D eigenvalue weighted by atomic mass is 16.1. The van der Waals surface area contributed by atoms with Gasteiger partial charge in [0.15, 0.2) is 0 Å². The molecule has 0 radical (unpaired) electrons. The van der Waals surface area contributed by atoms with Crippen LogP contribution in [0.3, 0.4) is 0 Å². The van der Waals surface area contributed by atoms with Gasteiger partial charge in [0.05, 0.1) is 6.04 Å². The summed E-state index contributed by atoms with van der Waals surface area (Å²) in [5.74, 6) is 0.0207. The molecular formula is C21H27N3O. The Morgan fingerprint density at radius 2 is 1.80 bits per heavy atom. The summed E-state index contributed by atoms with van der Waals surface area (Å²) in [6, 6.07) is 17.5. The van der Waals surface area contributed by atoms with Crippen molar-refractivity contribution < 1.29 is 4.79 Å². The molecule has 1 N–H and O–H groups in total. The fourth-order valence-corrected chi connectivity index (χ4v) is 3.48. The van der Waals surface area contributed by atoms with Crippen LogP contribution < -0.4 is 10.2 Å². The summed E-state index contributed by atoms with van der Waals surface area (Å²) in [7, 11) is 4.09. The maximum absolute atomic E-state index is 11.5. The highest BCUT2D eigenvalue weighted by Crippen LogP contribution is 2.28. The SMILES string of the molecule is CC(=O)NCC(c1ccc(N(C)C)cc1)N1CCc2ccccc2C1. The van der Waals surface area contributed by atoms with Crippen LogP contribution in [0.25, 0.3) is 0 Å². The number of hydrogen-bond acceptors (Lipinski definition) is 3. The van der Waals surface area contributed by atoms with E-state index in [1.807, 2.05) is 14.1 Å². The summed E-state index contributed by atoms with van der Waals surface area (Å²) in [5, 5.41) is 3.01. The molecule has 4 heteroatoms. The summed E-state index contributed by atoms with van der Waals surface area (Å²) in [6.07, 6.45) is 1.06. The first kappa shape index (κ1) is 17.5. The molecule has 25 heavy (non-hydrogen) atoms. The predicted octanol–water partition coefficient (Wildman–Crippen LogP) is 2.99. The molecule has 2 aromatic carbocycles. The smallest absolute Gasteiger partial charge is 0.216 e. The van der Waals surface area contributed by atoms with Gasteiger partial charge in [-0.2, -0.15) is 0 Å². The second-order valence-electron chi connectivity index (χ2n) is 6.93. The van der Waals surface area contributed by atoms with Crippen LogP contribution in [0.4, 0.5) is 5.69 Å². The van der Waals surface area contributed by atoms with Gasteiger partial charge in [-0.25, -0.2) is 0 Å². The van der Waals surface area contributed by atoms with Crippen LogP contribution in [0.15, 0.2) is 48.5 Å². The van der Waals surface area contributed by atoms with E-state index in [1.54, 1.807) is 6.92 Å². The first-order chi connectivity index (χ1) is 12.0. The summed E-state index contributed by atoms with van der Waals surface area (Å²) in [5.41, 5.74) is 5.27. The number of nitrogens with one attached hydrogen (secondary N) is 1. The van der Waals surface area contributed by atoms with Crippen molar-refractivity contribution >= 4 is 11.6 Å². The standard InChI is InChI=1S/C21H27N3O/c1-16(25)22-14-21(18-8-10-20(11-9-18)23(2)3)24-13-12-17-6-4-5-7-19(17)15-24/h4-11,21H,12-15H2,1-3H3,(H,22,25). The molecule has 1 unspecified atom stereocenters. The number of benzene rings is 2. The zero-order valence-corrected chi connectivity index (χ0v) is 15.3. The third-order valence-corrected chi connectivity index (χ3v) is 4.94. The average Bonchev–Trinajstić information content (AvgIpc) is 2.62. The van der Waals surface area contributed by atoms with Crippen molar-refractivity contribution in [2.75, 3.05) is 32.1 Å². The number of carbonyl (C=O) groups is 1. The van der Waals surface area contributed by atoms with Crippen molar-refractivity contribution in [2.24, 2.45) is 0 Å². The Bertz CT molecular complexity index is 724. The van der Waals surface area contributed by atoms with Gasteiger partial charge in [0, 0.05) is 46.3 Å². The average molecular weight is 337 g/mol. The van der Waals surface area contributed by atoms with Crippen LogP contribution >= 0.6 is 0 Å². The van der Waals surface area contributed by atoms with Crippen LogP contribution in [-0.4, -0.2) is 38.0 Å². The molecule has 1 atom stereocenters. The van der Waals surface area contributed by atoms with E-state index in [1.165, 1.54) is 22.4 Å². The van der Waals surface area contributed by atoms with Crippen molar-refractivity contribution in [3.63, 3.8) is 0 Å². The molecule has 4 nitrogen and oxygen atoms in total. The molecule has 2 aromatic rings. The monoisotopic (exact) mass is 337 g/mol. The fraction of sp³-hybridized carbons (Fsp3) is 0.381. The zero-order chi connectivity index (χ0) is 17.8. The molecule has 132 valence electrons. The van der Waals surface area contributed by atoms with E-state index in [0.717, 1.165) is 19.5 Å². The molecule has 1 amide bonds. The van der Waals surface area contributed by atoms with Gasteiger partial charge in [-0.05, 0) is 35.2 Å². The van der Waals surface area contributed by atoms with E-state index in [9.17, 15) is 4.79 Å². The number of rotatable bonds is 5. The number of hydrogen-bond donors (Lipinski definition) is 1. The Morgan fingerprint density at radius 1 is 1.12 bits per heavy atom. The van der Waals surface area contributed by atoms with E-state index in [2.05, 4.69) is 63.6 Å². The summed E-state index contributed by atoms with van der Waals surface area (Å²) in [6.45, 7) is 4.16. The third-order valence-electron chi connectivity index (χ3n) is 4.94. The minimum atomic E-state index is 0.0207. The first-order valence-electron chi connectivity index (χ1n) is 8.87. The van der Waals surface area contributed by atoms with E-state index in [-0.39, 0.29) is 11.9 Å². The maximum atomic E-state index is 11.5. The number of nitrogens with zero attached hydrogens (tertiary/aromatic N) is 2. The second-order valence-corrected chi connectivity index (χ2v) is 6.93. The number of carbonyl (C=O) groups excluding carboxylic acids is 1. The van der Waals surface area contributed by atoms with E-state index < -0.39 is 0 Å². The van der Waals surface area contributed by atoms with Gasteiger partial charge in [-0.1, -0.05) is 36.4 Å². The minimum Gasteiger partial charge on any atom is -0.378 e. The first-order valence-corrected chi connectivity index (χ1v) is 8.87. The van der Waals surface area contributed by atoms with E-state index in [4.69, 9.17) is 0 Å². The Morgan fingerprint density at radius 3 is 2.44 bits per heavy atom. The van der Waals surface area contributed by atoms with Gasteiger partial charge < -0.3 is 10.2 Å². The molecule has 0 saturated carbocycles. The van der Waals surface area contributed by atoms with Crippen LogP contribution in [0, 0.1) is 0 Å². The van der Waals surface area contributed by atoms with Gasteiger partial charge in [0.2, 0.25) is 5.91 Å². The molecule has 0 fully saturated rings. The highest BCUT2D eigenvalue weighted by molar-refractivity contribution is 5.72. The van der Waals surface area contributed by atoms with Crippen molar-refractivity contribution in [1.29, 1.82) is 0 Å². The second kappa shape index (κ2) is 7.70. The summed E-state index contributed by atoms with van der Waals surface area (Å²) >= 11 is 0. The molecule has 1 aliphatic rings. The molecule has 0 saturated heterocycles. The fourth-order valence-electron chi connectivity index (χ4n) is 3.48. The molecular weight excluding hydrogens is 310 g/mol. The van der Waals surface area contributed by atoms with Crippen LogP contribution in [0.1, 0.15) is 29.7 Å². The Labute approximate surface area is 150 Å². The largest absolute Gasteiger partial charge is 0.378 e. The highest BCUT2D eigenvalue weighted by Gasteiger charge is 2.25. The van der Waals surface area contributed by atoms with Gasteiger partial charge in [0.25, 0.3) is 0 Å². The van der Waals surface area contributed by atoms with Gasteiger partial charge in [-0.15, -0.1) is 0 Å². The lowest BCUT2D eigenvalue weighted by atomic mass is 9.96. The van der Waals surface area contributed by atoms with Crippen molar-refractivity contribution in [1.82, 2.24) is 10.2 Å². The predicted molar refractivity (Wildman–Crippen MR) is 103 cm³/mol. The minimum absolute atomic E-state index is 0.0207. The third kappa shape index (κ3) is 4.20. The Balaban J connectivity index is 1.83. The summed E-state index contributed by atoms with van der Waals surface area (Å²) in [4.78, 5) is 16.0. The molecule has 0 bridgehead atoms. The number of anilines is 1. The molecule has 0 aromatic heterocycles. The Kier molecular flexibility index (Phi) is 5.39. The molecule has 1 aliphatic heterocycles. The van der Waals surface area contributed by atoms with Crippen LogP contribution in [0.2, 0.25) is 0 Å². The van der Waals surface area contributed by atoms with Gasteiger partial charge >= 0.3 is 0 Å². The molecule has 0 spiro atoms. The van der Waals surface area contributed by atoms with E-state index in [0.29, 0.717) is 6.54 Å². The van der Waals surface area contributed by atoms with Crippen molar-refractivity contribution in [3.05, 3.63) is 65.2 Å². The van der Waals surface area contributed by atoms with Crippen LogP contribution in [0.5, 0.6) is 0 Å². The molecule has 0 aliphatic carbocycles. The zero-order valence-electron chi connectivity index (χ0n) is 15.3. The number of amides is 1. The van der Waals surface area contributed by atoms with Crippen LogP contribution in [-0.2, 0) is 17.8 Å². The lowest BCUT2D eigenvalue weighted by molar-refractivity contribution is -0.119. The summed E-state index contributed by atoms with van der Waals surface area (Å²) < 4.78 is 0. The maximum Gasteiger partial charge on any atom is 0.216 e. The van der Waals surface area contributed by atoms with Crippen molar-refractivity contribution in [3.8, 4) is 0 Å². The normalized spacial score (nSPS) is 15.3.